The predicted molar refractivity (Wildman–Crippen MR) is 200 cm³/mol. The highest BCUT2D eigenvalue weighted by Gasteiger charge is 2.51. The first-order valence-corrected chi connectivity index (χ1v) is 16.8. The SMILES string of the molecule is CC(C)(O)C(C)(C)O[B]c1c2ccccc2c(-c2ccc3c(c2)C2(c4ccccc4-c4ccccc42)c2ccccc2-3)c2ccccc12. The quantitative estimate of drug-likeness (QED) is 0.154. The number of fused-ring (bicyclic) bond motifs is 12. The summed E-state index contributed by atoms with van der Waals surface area (Å²) in [6.07, 6.45) is 0. The second-order valence-electron chi connectivity index (χ2n) is 14.3. The molecule has 1 radical (unpaired) electrons. The van der Waals surface area contributed by atoms with Gasteiger partial charge in [-0.1, -0.05) is 133 Å². The molecule has 0 amide bonds. The topological polar surface area (TPSA) is 29.5 Å². The molecule has 0 saturated heterocycles. The zero-order chi connectivity index (χ0) is 32.8. The summed E-state index contributed by atoms with van der Waals surface area (Å²) < 4.78 is 6.39. The van der Waals surface area contributed by atoms with Crippen LogP contribution in [0.2, 0.25) is 0 Å². The maximum atomic E-state index is 10.8. The smallest absolute Gasteiger partial charge is 0.332 e. The second kappa shape index (κ2) is 10.3. The van der Waals surface area contributed by atoms with Gasteiger partial charge in [-0.15, -0.1) is 0 Å². The van der Waals surface area contributed by atoms with Gasteiger partial charge in [0, 0.05) is 0 Å². The predicted octanol–water partition coefficient (Wildman–Crippen LogP) is 9.81. The molecule has 2 aliphatic carbocycles. The highest BCUT2D eigenvalue weighted by Crippen LogP contribution is 2.63. The molecule has 0 unspecified atom stereocenters. The molecule has 231 valence electrons. The Kier molecular flexibility index (Phi) is 6.25. The van der Waals surface area contributed by atoms with E-state index >= 15 is 0 Å². The molecule has 2 aliphatic rings. The maximum Gasteiger partial charge on any atom is 0.332 e. The van der Waals surface area contributed by atoms with E-state index in [9.17, 15) is 5.11 Å². The molecule has 0 heterocycles. The van der Waals surface area contributed by atoms with Gasteiger partial charge in [0.1, 0.15) is 0 Å². The van der Waals surface area contributed by atoms with Gasteiger partial charge in [0.15, 0.2) is 0 Å². The van der Waals surface area contributed by atoms with Gasteiger partial charge in [0.25, 0.3) is 0 Å². The Morgan fingerprint density at radius 2 is 0.917 bits per heavy atom. The summed E-state index contributed by atoms with van der Waals surface area (Å²) >= 11 is 0. The lowest BCUT2D eigenvalue weighted by molar-refractivity contribution is -0.0892. The van der Waals surface area contributed by atoms with E-state index in [1.54, 1.807) is 13.8 Å². The van der Waals surface area contributed by atoms with Gasteiger partial charge in [-0.3, -0.25) is 0 Å². The molecule has 7 aromatic rings. The molecule has 48 heavy (non-hydrogen) atoms. The van der Waals surface area contributed by atoms with Crippen LogP contribution in [0.3, 0.4) is 0 Å². The van der Waals surface area contributed by atoms with Crippen molar-refractivity contribution in [2.24, 2.45) is 0 Å². The first-order valence-electron chi connectivity index (χ1n) is 16.8. The fourth-order valence-electron chi connectivity index (χ4n) is 8.20. The van der Waals surface area contributed by atoms with Crippen molar-refractivity contribution in [1.29, 1.82) is 0 Å². The minimum Gasteiger partial charge on any atom is -0.427 e. The van der Waals surface area contributed by atoms with Crippen LogP contribution in [0.5, 0.6) is 0 Å². The molecule has 0 atom stereocenters. The van der Waals surface area contributed by atoms with Crippen molar-refractivity contribution in [3.8, 4) is 33.4 Å². The number of hydrogen-bond donors (Lipinski definition) is 1. The van der Waals surface area contributed by atoms with Gasteiger partial charge in [-0.2, -0.15) is 0 Å². The fourth-order valence-corrected chi connectivity index (χ4v) is 8.20. The number of hydrogen-bond acceptors (Lipinski definition) is 2. The van der Waals surface area contributed by atoms with Crippen LogP contribution < -0.4 is 5.46 Å². The highest BCUT2D eigenvalue weighted by molar-refractivity contribution is 6.57. The fraction of sp³-hybridized carbons (Fsp3) is 0.156. The molecule has 0 saturated carbocycles. The van der Waals surface area contributed by atoms with Gasteiger partial charge in [-0.05, 0) is 116 Å². The number of benzene rings is 7. The average Bonchev–Trinajstić information content (AvgIpc) is 3.57. The highest BCUT2D eigenvalue weighted by atomic mass is 16.5. The molecular formula is C45H36BO2. The Hall–Kier alpha value is -4.96. The Balaban J connectivity index is 1.32. The molecule has 9 rings (SSSR count). The second-order valence-corrected chi connectivity index (χ2v) is 14.3. The Labute approximate surface area is 282 Å². The summed E-state index contributed by atoms with van der Waals surface area (Å²) in [5, 5.41) is 15.4. The van der Waals surface area contributed by atoms with Crippen LogP contribution >= 0.6 is 0 Å². The van der Waals surface area contributed by atoms with Crippen molar-refractivity contribution in [1.82, 2.24) is 0 Å². The lowest BCUT2D eigenvalue weighted by Crippen LogP contribution is -2.49. The molecule has 0 aliphatic heterocycles. The van der Waals surface area contributed by atoms with E-state index in [0.29, 0.717) is 0 Å². The number of aliphatic hydroxyl groups is 1. The monoisotopic (exact) mass is 619 g/mol. The third kappa shape index (κ3) is 3.89. The van der Waals surface area contributed by atoms with Gasteiger partial charge in [0.05, 0.1) is 16.6 Å². The van der Waals surface area contributed by atoms with Crippen LogP contribution in [0.4, 0.5) is 0 Å². The minimum atomic E-state index is -1.02. The molecule has 0 fully saturated rings. The third-order valence-corrected chi connectivity index (χ3v) is 11.2. The standard InChI is InChI=1S/C45H36BO2/c1-43(2,47)44(3,4)48-46-42-35-20-7-5-18-33(35)41(34-19-6-8-21-36(34)42)28-25-26-32-31-17-11-14-24-39(31)45(40(32)27-28)37-22-12-9-15-29(37)30-16-10-13-23-38(30)45/h5-27,47H,1-4H3. The first kappa shape index (κ1) is 29.2. The van der Waals surface area contributed by atoms with Gasteiger partial charge in [0.2, 0.25) is 0 Å². The Morgan fingerprint density at radius 1 is 0.500 bits per heavy atom. The van der Waals surface area contributed by atoms with Crippen LogP contribution in [-0.2, 0) is 10.1 Å². The molecule has 3 heteroatoms. The maximum absolute atomic E-state index is 10.8. The van der Waals surface area contributed by atoms with E-state index in [1.807, 2.05) is 21.3 Å². The van der Waals surface area contributed by atoms with Crippen molar-refractivity contribution >= 4 is 34.5 Å². The molecule has 1 N–H and O–H groups in total. The van der Waals surface area contributed by atoms with Crippen molar-refractivity contribution in [2.45, 2.75) is 44.3 Å². The zero-order valence-corrected chi connectivity index (χ0v) is 27.7. The molecule has 2 nitrogen and oxygen atoms in total. The van der Waals surface area contributed by atoms with Crippen molar-refractivity contribution in [3.63, 3.8) is 0 Å². The summed E-state index contributed by atoms with van der Waals surface area (Å²) in [6.45, 7) is 7.44. The van der Waals surface area contributed by atoms with E-state index < -0.39 is 16.6 Å². The van der Waals surface area contributed by atoms with E-state index in [-0.39, 0.29) is 0 Å². The van der Waals surface area contributed by atoms with Crippen molar-refractivity contribution in [2.75, 3.05) is 0 Å². The normalized spacial score (nSPS) is 14.2. The summed E-state index contributed by atoms with van der Waals surface area (Å²) in [7, 11) is 1.85. The largest absolute Gasteiger partial charge is 0.427 e. The summed E-state index contributed by atoms with van der Waals surface area (Å²) in [6, 6.07) is 51.3. The van der Waals surface area contributed by atoms with E-state index in [1.165, 1.54) is 66.4 Å². The summed E-state index contributed by atoms with van der Waals surface area (Å²) in [4.78, 5) is 0. The molecule has 0 aromatic heterocycles. The average molecular weight is 620 g/mol. The lowest BCUT2D eigenvalue weighted by atomic mass is 9.70. The Bertz CT molecular complexity index is 2310. The van der Waals surface area contributed by atoms with Crippen LogP contribution in [-0.4, -0.2) is 23.8 Å². The van der Waals surface area contributed by atoms with E-state index in [4.69, 9.17) is 4.65 Å². The molecule has 1 spiro atoms. The van der Waals surface area contributed by atoms with Crippen LogP contribution in [0.1, 0.15) is 49.9 Å². The Morgan fingerprint density at radius 3 is 1.40 bits per heavy atom. The lowest BCUT2D eigenvalue weighted by Gasteiger charge is -2.37. The first-order chi connectivity index (χ1) is 23.2. The van der Waals surface area contributed by atoms with Crippen molar-refractivity contribution in [3.05, 3.63) is 162 Å². The zero-order valence-electron chi connectivity index (χ0n) is 27.7. The van der Waals surface area contributed by atoms with Crippen LogP contribution in [0.15, 0.2) is 140 Å². The summed E-state index contributed by atoms with van der Waals surface area (Å²) in [5.74, 6) is 0. The minimum absolute atomic E-state index is 0.398. The number of rotatable bonds is 5. The van der Waals surface area contributed by atoms with Gasteiger partial charge < -0.3 is 9.76 Å². The van der Waals surface area contributed by atoms with Gasteiger partial charge in [-0.25, -0.2) is 0 Å². The third-order valence-electron chi connectivity index (χ3n) is 11.2. The molecule has 7 aromatic carbocycles. The van der Waals surface area contributed by atoms with Crippen molar-refractivity contribution < 1.29 is 9.76 Å². The van der Waals surface area contributed by atoms with E-state index in [0.717, 1.165) is 16.2 Å². The van der Waals surface area contributed by atoms with E-state index in [2.05, 4.69) is 140 Å². The molecular weight excluding hydrogens is 583 g/mol. The summed E-state index contributed by atoms with van der Waals surface area (Å²) in [5.41, 5.74) is 11.8. The van der Waals surface area contributed by atoms with Gasteiger partial charge >= 0.3 is 7.48 Å². The molecule has 0 bridgehead atoms. The van der Waals surface area contributed by atoms with Crippen LogP contribution in [0, 0.1) is 0 Å². The van der Waals surface area contributed by atoms with Crippen LogP contribution in [0.25, 0.3) is 54.9 Å².